The minimum Gasteiger partial charge on any atom is -0.318 e. The lowest BCUT2D eigenvalue weighted by atomic mass is 10.2. The molecule has 0 bridgehead atoms. The van der Waals surface area contributed by atoms with Crippen LogP contribution in [0.4, 0.5) is 0 Å². The van der Waals surface area contributed by atoms with Gasteiger partial charge in [0.15, 0.2) is 23.3 Å². The summed E-state index contributed by atoms with van der Waals surface area (Å²) in [5.41, 5.74) is 1.95. The minimum atomic E-state index is 0.563. The second-order valence-electron chi connectivity index (χ2n) is 4.78. The van der Waals surface area contributed by atoms with E-state index < -0.39 is 0 Å². The van der Waals surface area contributed by atoms with Crippen LogP contribution in [-0.4, -0.2) is 30.4 Å². The van der Waals surface area contributed by atoms with Crippen LogP contribution >= 0.6 is 0 Å². The van der Waals surface area contributed by atoms with E-state index in [1.54, 1.807) is 0 Å². The Morgan fingerprint density at radius 3 is 1.23 bits per heavy atom. The number of nitrogens with zero attached hydrogens (tertiary/aromatic N) is 4. The summed E-state index contributed by atoms with van der Waals surface area (Å²) in [7, 11) is 0. The highest BCUT2D eigenvalue weighted by Crippen LogP contribution is 2.20. The number of benzene rings is 2. The summed E-state index contributed by atoms with van der Waals surface area (Å²) >= 11 is 0. The molecule has 6 nitrogen and oxygen atoms in total. The molecular weight excluding hydrogens is 276 g/mol. The molecule has 0 aliphatic heterocycles. The van der Waals surface area contributed by atoms with E-state index in [2.05, 4.69) is 30.4 Å². The highest BCUT2D eigenvalue weighted by Gasteiger charge is 2.12. The fraction of sp³-hybridized carbons (Fsp3) is 0. The van der Waals surface area contributed by atoms with Crippen LogP contribution in [0.25, 0.3) is 34.4 Å². The third-order valence-electron chi connectivity index (χ3n) is 3.29. The zero-order valence-electron chi connectivity index (χ0n) is 11.6. The van der Waals surface area contributed by atoms with Gasteiger partial charge in [-0.3, -0.25) is 0 Å². The summed E-state index contributed by atoms with van der Waals surface area (Å²) in [6.07, 6.45) is 0. The largest absolute Gasteiger partial charge is 0.318 e. The predicted molar refractivity (Wildman–Crippen MR) is 82.6 cm³/mol. The van der Waals surface area contributed by atoms with Crippen LogP contribution in [0.5, 0.6) is 0 Å². The topological polar surface area (TPSA) is 83.1 Å². The molecule has 0 fully saturated rings. The number of H-pyrrole nitrogens is 2. The molecule has 0 saturated carbocycles. The van der Waals surface area contributed by atoms with Crippen LogP contribution in [-0.2, 0) is 0 Å². The van der Waals surface area contributed by atoms with Crippen molar-refractivity contribution >= 4 is 0 Å². The first-order valence-electron chi connectivity index (χ1n) is 6.87. The average molecular weight is 288 g/mol. The Morgan fingerprint density at radius 1 is 0.455 bits per heavy atom. The quantitative estimate of drug-likeness (QED) is 0.607. The van der Waals surface area contributed by atoms with Crippen molar-refractivity contribution in [2.45, 2.75) is 0 Å². The van der Waals surface area contributed by atoms with Gasteiger partial charge in [-0.05, 0) is 0 Å². The normalized spacial score (nSPS) is 10.7. The molecule has 22 heavy (non-hydrogen) atoms. The molecule has 106 valence electrons. The summed E-state index contributed by atoms with van der Waals surface area (Å²) in [6, 6.07) is 19.6. The lowest BCUT2D eigenvalue weighted by Crippen LogP contribution is -1.84. The van der Waals surface area contributed by atoms with Crippen LogP contribution in [0.2, 0.25) is 0 Å². The van der Waals surface area contributed by atoms with Gasteiger partial charge in [-0.25, -0.2) is 0 Å². The molecule has 0 spiro atoms. The number of aromatic amines is 2. The Morgan fingerprint density at radius 2 is 0.818 bits per heavy atom. The molecule has 2 heterocycles. The summed E-state index contributed by atoms with van der Waals surface area (Å²) in [5.74, 6) is 2.53. The fourth-order valence-electron chi connectivity index (χ4n) is 2.19. The van der Waals surface area contributed by atoms with E-state index in [1.165, 1.54) is 0 Å². The Hall–Kier alpha value is -3.28. The van der Waals surface area contributed by atoms with E-state index >= 15 is 0 Å². The molecule has 0 unspecified atom stereocenters. The zero-order chi connectivity index (χ0) is 14.8. The van der Waals surface area contributed by atoms with Gasteiger partial charge in [0.05, 0.1) is 0 Å². The third kappa shape index (κ3) is 2.26. The molecule has 2 aromatic heterocycles. The monoisotopic (exact) mass is 288 g/mol. The van der Waals surface area contributed by atoms with Crippen molar-refractivity contribution in [1.29, 1.82) is 0 Å². The van der Waals surface area contributed by atoms with Gasteiger partial charge in [0.1, 0.15) is 0 Å². The zero-order valence-corrected chi connectivity index (χ0v) is 11.6. The summed E-state index contributed by atoms with van der Waals surface area (Å²) in [5, 5.41) is 16.6. The summed E-state index contributed by atoms with van der Waals surface area (Å²) in [4.78, 5) is 6.31. The van der Waals surface area contributed by atoms with Gasteiger partial charge in [0.25, 0.3) is 0 Å². The maximum Gasteiger partial charge on any atom is 0.199 e. The van der Waals surface area contributed by atoms with E-state index in [4.69, 9.17) is 0 Å². The maximum atomic E-state index is 4.15. The van der Waals surface area contributed by atoms with Crippen LogP contribution in [0.1, 0.15) is 0 Å². The van der Waals surface area contributed by atoms with Crippen molar-refractivity contribution in [2.75, 3.05) is 0 Å². The highest BCUT2D eigenvalue weighted by molar-refractivity contribution is 5.60. The average Bonchev–Trinajstić information content (AvgIpc) is 3.26. The Kier molecular flexibility index (Phi) is 2.97. The Balaban J connectivity index is 1.66. The van der Waals surface area contributed by atoms with E-state index in [0.717, 1.165) is 11.1 Å². The molecular formula is C16H12N6. The summed E-state index contributed by atoms with van der Waals surface area (Å²) in [6.45, 7) is 0. The second-order valence-corrected chi connectivity index (χ2v) is 4.78. The molecule has 0 radical (unpaired) electrons. The van der Waals surface area contributed by atoms with Gasteiger partial charge in [0.2, 0.25) is 0 Å². The Labute approximate surface area is 126 Å². The third-order valence-corrected chi connectivity index (χ3v) is 3.29. The molecule has 0 aliphatic carbocycles. The molecule has 0 saturated heterocycles. The molecule has 6 heteroatoms. The molecule has 2 aromatic carbocycles. The van der Waals surface area contributed by atoms with E-state index in [1.807, 2.05) is 60.7 Å². The first-order chi connectivity index (χ1) is 10.9. The molecule has 4 aromatic rings. The smallest absolute Gasteiger partial charge is 0.199 e. The van der Waals surface area contributed by atoms with Crippen LogP contribution in [0.3, 0.4) is 0 Å². The van der Waals surface area contributed by atoms with Gasteiger partial charge in [-0.1, -0.05) is 60.7 Å². The van der Waals surface area contributed by atoms with Crippen molar-refractivity contribution in [1.82, 2.24) is 30.4 Å². The van der Waals surface area contributed by atoms with Gasteiger partial charge >= 0.3 is 0 Å². The SMILES string of the molecule is c1ccc(-c2nnc(-c3nnc(-c4ccccc4)[nH]3)[nH]2)cc1. The fourth-order valence-corrected chi connectivity index (χ4v) is 2.19. The van der Waals surface area contributed by atoms with Crippen molar-refractivity contribution in [2.24, 2.45) is 0 Å². The van der Waals surface area contributed by atoms with Crippen molar-refractivity contribution in [3.8, 4) is 34.4 Å². The lowest BCUT2D eigenvalue weighted by molar-refractivity contribution is 1.05. The molecule has 4 rings (SSSR count). The van der Waals surface area contributed by atoms with Gasteiger partial charge < -0.3 is 9.97 Å². The minimum absolute atomic E-state index is 0.563. The van der Waals surface area contributed by atoms with Crippen LogP contribution < -0.4 is 0 Å². The van der Waals surface area contributed by atoms with Crippen LogP contribution in [0, 0.1) is 0 Å². The Bertz CT molecular complexity index is 803. The van der Waals surface area contributed by atoms with Crippen molar-refractivity contribution < 1.29 is 0 Å². The number of rotatable bonds is 3. The number of hydrogen-bond acceptors (Lipinski definition) is 4. The predicted octanol–water partition coefficient (Wildman–Crippen LogP) is 2.92. The molecule has 0 amide bonds. The van der Waals surface area contributed by atoms with E-state index in [9.17, 15) is 0 Å². The lowest BCUT2D eigenvalue weighted by Gasteiger charge is -1.94. The number of aromatic nitrogens is 6. The van der Waals surface area contributed by atoms with Crippen molar-refractivity contribution in [3.63, 3.8) is 0 Å². The van der Waals surface area contributed by atoms with Crippen LogP contribution in [0.15, 0.2) is 60.7 Å². The number of nitrogens with one attached hydrogen (secondary N) is 2. The molecule has 2 N–H and O–H groups in total. The summed E-state index contributed by atoms with van der Waals surface area (Å²) < 4.78 is 0. The first kappa shape index (κ1) is 12.5. The van der Waals surface area contributed by atoms with Crippen molar-refractivity contribution in [3.05, 3.63) is 60.7 Å². The van der Waals surface area contributed by atoms with Gasteiger partial charge in [0, 0.05) is 11.1 Å². The highest BCUT2D eigenvalue weighted by atomic mass is 15.3. The van der Waals surface area contributed by atoms with E-state index in [-0.39, 0.29) is 0 Å². The first-order valence-corrected chi connectivity index (χ1v) is 6.87. The van der Waals surface area contributed by atoms with Gasteiger partial charge in [-0.2, -0.15) is 0 Å². The second kappa shape index (κ2) is 5.25. The molecule has 0 atom stereocenters. The van der Waals surface area contributed by atoms with Gasteiger partial charge in [-0.15, -0.1) is 20.4 Å². The van der Waals surface area contributed by atoms with E-state index in [0.29, 0.717) is 23.3 Å². The molecule has 0 aliphatic rings. The maximum absolute atomic E-state index is 4.15. The standard InChI is InChI=1S/C16H12N6/c1-3-7-11(8-4-1)13-17-15(21-19-13)16-18-14(20-22-16)12-9-5-2-6-10-12/h1-10H,(H,17,19,21)(H,18,20,22). The number of hydrogen-bond donors (Lipinski definition) is 2.